The van der Waals surface area contributed by atoms with Gasteiger partial charge in [-0.25, -0.2) is 4.39 Å². The van der Waals surface area contributed by atoms with Crippen LogP contribution in [-0.4, -0.2) is 11.6 Å². The van der Waals surface area contributed by atoms with Crippen LogP contribution in [0.4, 0.5) is 4.39 Å². The average molecular weight is 887 g/mol. The summed E-state index contributed by atoms with van der Waals surface area (Å²) in [5, 5.41) is 4.94. The summed E-state index contributed by atoms with van der Waals surface area (Å²) in [6.07, 6.45) is 0. The topological polar surface area (TPSA) is 52.6 Å². The zero-order valence-electron chi connectivity index (χ0n) is 36.4. The van der Waals surface area contributed by atoms with Crippen LogP contribution in [0.25, 0.3) is 0 Å². The fourth-order valence-corrected chi connectivity index (χ4v) is 12.5. The summed E-state index contributed by atoms with van der Waals surface area (Å²) in [7, 11) is -2.27. The summed E-state index contributed by atoms with van der Waals surface area (Å²) in [5.74, 6) is 1.98. The van der Waals surface area contributed by atoms with Crippen LogP contribution in [-0.2, 0) is 5.41 Å². The molecule has 0 bridgehead atoms. The Morgan fingerprint density at radius 3 is 0.939 bits per heavy atom. The van der Waals surface area contributed by atoms with E-state index in [0.717, 1.165) is 11.1 Å². The highest BCUT2D eigenvalue weighted by molar-refractivity contribution is 8.01. The van der Waals surface area contributed by atoms with Crippen molar-refractivity contribution in [2.24, 2.45) is 0 Å². The van der Waals surface area contributed by atoms with Crippen molar-refractivity contribution in [3.8, 4) is 23.0 Å². The molecule has 7 heteroatoms. The zero-order chi connectivity index (χ0) is 44.8. The molecule has 0 N–H and O–H groups in total. The molecule has 0 heterocycles. The summed E-state index contributed by atoms with van der Waals surface area (Å²) in [6.45, 7) is 4.35. The maximum absolute atomic E-state index is 13.9. The number of benzene rings is 9. The summed E-state index contributed by atoms with van der Waals surface area (Å²) in [6, 6.07) is 76.1. The molecule has 4 nitrogen and oxygen atoms in total. The third-order valence-corrected chi connectivity index (χ3v) is 16.2. The van der Waals surface area contributed by atoms with Gasteiger partial charge in [-0.3, -0.25) is 9.59 Å². The summed E-state index contributed by atoms with van der Waals surface area (Å²) in [4.78, 5) is 26.6. The molecule has 9 aromatic carbocycles. The summed E-state index contributed by atoms with van der Waals surface area (Å²) < 4.78 is 25.6. The van der Waals surface area contributed by atoms with Gasteiger partial charge in [0.15, 0.2) is 11.6 Å². The number of hydrogen-bond donors (Lipinski definition) is 0. The molecular formula is C59H45F2O4P. The number of ether oxygens (including phenoxy) is 2. The Kier molecular flexibility index (Phi) is 13.3. The van der Waals surface area contributed by atoms with E-state index in [1.54, 1.807) is 24.3 Å². The van der Waals surface area contributed by atoms with Gasteiger partial charge in [0.25, 0.3) is 0 Å². The van der Waals surface area contributed by atoms with Crippen molar-refractivity contribution in [3.05, 3.63) is 276 Å². The van der Waals surface area contributed by atoms with E-state index < -0.39 is 7.26 Å². The van der Waals surface area contributed by atoms with Crippen LogP contribution in [0.5, 0.6) is 23.0 Å². The SMILES string of the molecule is CC(C)(c1ccc(Oc2ccc(C(=O)c3ccc(F)cc3)cc2)cc1)c1ccc(Oc2ccc(C(=O)c3ccc([P+](c4ccccc4)(c4ccccc4)c4ccccc4)cc3)cc2)cc1.[F-]. The monoisotopic (exact) mass is 886 g/mol. The highest BCUT2D eigenvalue weighted by Gasteiger charge is 2.47. The second kappa shape index (κ2) is 19.5. The van der Waals surface area contributed by atoms with E-state index in [9.17, 15) is 14.0 Å². The maximum atomic E-state index is 13.9. The summed E-state index contributed by atoms with van der Waals surface area (Å²) >= 11 is 0. The minimum Gasteiger partial charge on any atom is -1.00 e. The highest BCUT2D eigenvalue weighted by atomic mass is 31.2. The number of rotatable bonds is 14. The van der Waals surface area contributed by atoms with Crippen molar-refractivity contribution in [1.29, 1.82) is 0 Å². The predicted molar refractivity (Wildman–Crippen MR) is 263 cm³/mol. The lowest BCUT2D eigenvalue weighted by Crippen LogP contribution is -3.00. The van der Waals surface area contributed by atoms with E-state index >= 15 is 0 Å². The van der Waals surface area contributed by atoms with E-state index in [1.807, 2.05) is 60.7 Å². The van der Waals surface area contributed by atoms with E-state index in [-0.39, 0.29) is 27.5 Å². The second-order valence-corrected chi connectivity index (χ2v) is 19.7. The molecule has 9 rings (SSSR count). The second-order valence-electron chi connectivity index (χ2n) is 16.3. The first-order chi connectivity index (χ1) is 31.7. The normalized spacial score (nSPS) is 11.3. The molecule has 0 spiro atoms. The van der Waals surface area contributed by atoms with Crippen LogP contribution in [0, 0.1) is 5.82 Å². The fourth-order valence-electron chi connectivity index (χ4n) is 8.29. The zero-order valence-corrected chi connectivity index (χ0v) is 37.2. The molecule has 0 aromatic heterocycles. The average Bonchev–Trinajstić information content (AvgIpc) is 3.36. The quantitative estimate of drug-likeness (QED) is 0.0807. The van der Waals surface area contributed by atoms with Gasteiger partial charge < -0.3 is 14.2 Å². The van der Waals surface area contributed by atoms with E-state index in [4.69, 9.17) is 9.47 Å². The standard InChI is InChI=1S/C59H45FO4P.FH/c1-59(2,46-26-36-51(37-27-46)63-49-32-20-43(21-33-49)57(61)42-18-30-48(60)31-19-42)47-28-38-52(39-29-47)64-50-34-22-44(23-35-50)58(62)45-24-40-56(41-25-45)65(53-12-6-3-7-13-53,54-14-8-4-9-15-54)55-16-10-5-11-17-55;/h3-41H,1-2H3;1H/q+1;/p-1. The maximum Gasteiger partial charge on any atom is 0.193 e. The molecule has 324 valence electrons. The van der Waals surface area contributed by atoms with E-state index in [2.05, 4.69) is 141 Å². The van der Waals surface area contributed by atoms with Gasteiger partial charge in [0, 0.05) is 27.7 Å². The minimum atomic E-state index is -2.27. The van der Waals surface area contributed by atoms with Gasteiger partial charge >= 0.3 is 0 Å². The molecule has 0 unspecified atom stereocenters. The van der Waals surface area contributed by atoms with Gasteiger partial charge in [-0.2, -0.15) is 0 Å². The summed E-state index contributed by atoms with van der Waals surface area (Å²) in [5.41, 5.74) is 4.04. The Morgan fingerprint density at radius 2 is 0.621 bits per heavy atom. The van der Waals surface area contributed by atoms with Crippen molar-refractivity contribution in [1.82, 2.24) is 0 Å². The Balaban J connectivity index is 0.00000592. The Bertz CT molecular complexity index is 2940. The number of carbonyl (C=O) groups is 2. The Labute approximate surface area is 384 Å². The first-order valence-electron chi connectivity index (χ1n) is 21.5. The minimum absolute atomic E-state index is 0. The van der Waals surface area contributed by atoms with Crippen LogP contribution in [0.3, 0.4) is 0 Å². The smallest absolute Gasteiger partial charge is 0.193 e. The third kappa shape index (κ3) is 9.23. The molecule has 0 saturated carbocycles. The molecule has 0 atom stereocenters. The van der Waals surface area contributed by atoms with Gasteiger partial charge in [0.1, 0.15) is 57.3 Å². The lowest BCUT2D eigenvalue weighted by Gasteiger charge is -2.27. The predicted octanol–water partition coefficient (Wildman–Crippen LogP) is 9.82. The van der Waals surface area contributed by atoms with E-state index in [1.165, 1.54) is 45.5 Å². The van der Waals surface area contributed by atoms with Crippen molar-refractivity contribution in [2.75, 3.05) is 0 Å². The van der Waals surface area contributed by atoms with Crippen LogP contribution < -0.4 is 35.4 Å². The molecule has 0 aliphatic rings. The van der Waals surface area contributed by atoms with Crippen molar-refractivity contribution in [3.63, 3.8) is 0 Å². The van der Waals surface area contributed by atoms with Gasteiger partial charge in [-0.05, 0) is 169 Å². The molecule has 0 saturated heterocycles. The lowest BCUT2D eigenvalue weighted by molar-refractivity contribution is -0.0000285. The van der Waals surface area contributed by atoms with E-state index in [0.29, 0.717) is 45.3 Å². The molecule has 66 heavy (non-hydrogen) atoms. The molecule has 0 aliphatic carbocycles. The van der Waals surface area contributed by atoms with Gasteiger partial charge in [0.2, 0.25) is 0 Å². The largest absolute Gasteiger partial charge is 1.00 e. The van der Waals surface area contributed by atoms with Crippen LogP contribution >= 0.6 is 7.26 Å². The first-order valence-corrected chi connectivity index (χ1v) is 23.3. The molecule has 9 aromatic rings. The number of carbonyl (C=O) groups excluding carboxylic acids is 2. The first kappa shape index (κ1) is 44.8. The Hall–Kier alpha value is -7.79. The fraction of sp³-hybridized carbons (Fsp3) is 0.0508. The van der Waals surface area contributed by atoms with Crippen molar-refractivity contribution in [2.45, 2.75) is 19.3 Å². The van der Waals surface area contributed by atoms with Crippen molar-refractivity contribution >= 4 is 40.0 Å². The molecule has 0 aliphatic heterocycles. The van der Waals surface area contributed by atoms with Crippen LogP contribution in [0.2, 0.25) is 0 Å². The molecule has 0 amide bonds. The number of ketones is 2. The molecule has 0 fully saturated rings. The number of hydrogen-bond acceptors (Lipinski definition) is 4. The Morgan fingerprint density at radius 1 is 0.364 bits per heavy atom. The van der Waals surface area contributed by atoms with Gasteiger partial charge in [-0.1, -0.05) is 92.7 Å². The van der Waals surface area contributed by atoms with Gasteiger partial charge in [-0.15, -0.1) is 0 Å². The highest BCUT2D eigenvalue weighted by Crippen LogP contribution is 2.54. The van der Waals surface area contributed by atoms with Crippen LogP contribution in [0.15, 0.2) is 237 Å². The van der Waals surface area contributed by atoms with Gasteiger partial charge in [0.05, 0.1) is 0 Å². The molecule has 0 radical (unpaired) electrons. The third-order valence-electron chi connectivity index (χ3n) is 11.9. The molecular weight excluding hydrogens is 842 g/mol. The van der Waals surface area contributed by atoms with Crippen LogP contribution in [0.1, 0.15) is 56.8 Å². The van der Waals surface area contributed by atoms with Crippen molar-refractivity contribution < 1.29 is 28.2 Å². The lowest BCUT2D eigenvalue weighted by atomic mass is 9.78. The number of halogens is 2.